The van der Waals surface area contributed by atoms with Crippen LogP contribution in [0.5, 0.6) is 0 Å². The number of benzene rings is 7. The summed E-state index contributed by atoms with van der Waals surface area (Å²) in [5.74, 6) is 0.378. The van der Waals surface area contributed by atoms with Gasteiger partial charge in [-0.15, -0.1) is 0 Å². The van der Waals surface area contributed by atoms with Gasteiger partial charge in [0.25, 0.3) is 0 Å². The molecule has 0 saturated carbocycles. The number of rotatable bonds is 4. The van der Waals surface area contributed by atoms with E-state index in [4.69, 9.17) is 15.0 Å². The van der Waals surface area contributed by atoms with E-state index in [1.807, 2.05) is 12.3 Å². The summed E-state index contributed by atoms with van der Waals surface area (Å²) in [5.41, 5.74) is 20.2. The van der Waals surface area contributed by atoms with Crippen LogP contribution in [-0.2, 0) is 0 Å². The number of aliphatic imine (C=N–C) groups is 2. The average Bonchev–Trinajstić information content (AvgIpc) is 3.74. The van der Waals surface area contributed by atoms with E-state index >= 15 is 0 Å². The predicted octanol–water partition coefficient (Wildman–Crippen LogP) is 12.1. The first-order valence-corrected chi connectivity index (χ1v) is 18.6. The lowest BCUT2D eigenvalue weighted by Gasteiger charge is -2.19. The molecule has 2 unspecified atom stereocenters. The molecule has 2 aliphatic carbocycles. The first-order valence-electron chi connectivity index (χ1n) is 18.6. The molecule has 7 aromatic carbocycles. The van der Waals surface area contributed by atoms with Crippen molar-refractivity contribution in [2.24, 2.45) is 9.98 Å². The summed E-state index contributed by atoms with van der Waals surface area (Å²) in [6.45, 7) is 0. The quantitative estimate of drug-likeness (QED) is 0.181. The van der Waals surface area contributed by atoms with Crippen LogP contribution in [0.1, 0.15) is 67.6 Å². The molecule has 3 nitrogen and oxygen atoms in total. The molecule has 0 fully saturated rings. The number of hydrogen-bond acceptors (Lipinski definition) is 3. The van der Waals surface area contributed by atoms with Gasteiger partial charge >= 0.3 is 0 Å². The van der Waals surface area contributed by atoms with Crippen LogP contribution in [0.2, 0.25) is 0 Å². The minimum Gasteiger partial charge on any atom is -0.252 e. The molecule has 0 N–H and O–H groups in total. The average molecular weight is 688 g/mol. The minimum absolute atomic E-state index is 0.186. The smallest absolute Gasteiger partial charge is 0.115 e. The van der Waals surface area contributed by atoms with Gasteiger partial charge in [0.05, 0.1) is 22.8 Å². The van der Waals surface area contributed by atoms with Gasteiger partial charge < -0.3 is 0 Å². The van der Waals surface area contributed by atoms with Crippen molar-refractivity contribution in [3.8, 4) is 22.3 Å². The monoisotopic (exact) mass is 687 g/mol. The first kappa shape index (κ1) is 30.6. The van der Waals surface area contributed by atoms with Crippen LogP contribution in [0.25, 0.3) is 22.3 Å². The highest BCUT2D eigenvalue weighted by atomic mass is 14.9. The topological polar surface area (TPSA) is 37.6 Å². The molecule has 11 rings (SSSR count). The minimum atomic E-state index is 0.186. The molecule has 3 heteroatoms. The van der Waals surface area contributed by atoms with Crippen LogP contribution >= 0.6 is 0 Å². The van der Waals surface area contributed by atoms with Crippen molar-refractivity contribution < 1.29 is 0 Å². The van der Waals surface area contributed by atoms with Crippen LogP contribution < -0.4 is 0 Å². The van der Waals surface area contributed by atoms with Gasteiger partial charge in [-0.25, -0.2) is 9.98 Å². The fourth-order valence-electron chi connectivity index (χ4n) is 8.93. The fraction of sp³-hybridized carbons (Fsp3) is 0.0392. The normalized spacial score (nSPS) is 16.0. The second-order valence-corrected chi connectivity index (χ2v) is 14.3. The Labute approximate surface area is 314 Å². The molecule has 1 aromatic heterocycles. The standard InChI is InChI=1S/C51H33N3/c1-3-14-32(15-4-1)47-38-20-9-7-18-36(38)43-30-34(25-27-40(43)47)49-42-22-11-12-23-45(42)53-50(51-46(54-49)24-13-29-52-51)35-26-28-41-44(31-35)37-19-8-10-21-39(37)48(41)33-16-5-2-6-17-33/h1-31,47-48H. The Bertz CT molecular complexity index is 2640. The molecule has 54 heavy (non-hydrogen) atoms. The zero-order chi connectivity index (χ0) is 35.6. The third-order valence-electron chi connectivity index (χ3n) is 11.3. The molecular weight excluding hydrogens is 655 g/mol. The highest BCUT2D eigenvalue weighted by Crippen LogP contribution is 2.50. The molecular formula is C51H33N3. The lowest BCUT2D eigenvalue weighted by Crippen LogP contribution is -2.12. The summed E-state index contributed by atoms with van der Waals surface area (Å²) < 4.78 is 0. The van der Waals surface area contributed by atoms with Crippen molar-refractivity contribution in [2.75, 3.05) is 0 Å². The lowest BCUT2D eigenvalue weighted by atomic mass is 9.88. The maximum atomic E-state index is 5.48. The van der Waals surface area contributed by atoms with Gasteiger partial charge in [0.1, 0.15) is 5.69 Å². The maximum Gasteiger partial charge on any atom is 0.115 e. The van der Waals surface area contributed by atoms with Crippen LogP contribution in [0, 0.1) is 0 Å². The highest BCUT2D eigenvalue weighted by Gasteiger charge is 2.32. The molecule has 0 bridgehead atoms. The van der Waals surface area contributed by atoms with Gasteiger partial charge in [-0.3, -0.25) is 4.98 Å². The van der Waals surface area contributed by atoms with Crippen molar-refractivity contribution in [3.63, 3.8) is 0 Å². The molecule has 0 amide bonds. The summed E-state index contributed by atoms with van der Waals surface area (Å²) in [6, 6.07) is 65.4. The van der Waals surface area contributed by atoms with E-state index in [2.05, 4.69) is 176 Å². The summed E-state index contributed by atoms with van der Waals surface area (Å²) in [6.07, 6.45) is 1.85. The van der Waals surface area contributed by atoms with Gasteiger partial charge in [-0.05, 0) is 86.0 Å². The molecule has 0 spiro atoms. The van der Waals surface area contributed by atoms with Crippen LogP contribution in [0.4, 0.5) is 11.4 Å². The third kappa shape index (κ3) is 4.79. The largest absolute Gasteiger partial charge is 0.252 e. The van der Waals surface area contributed by atoms with Gasteiger partial charge in [-0.1, -0.05) is 152 Å². The third-order valence-corrected chi connectivity index (χ3v) is 11.3. The van der Waals surface area contributed by atoms with Crippen molar-refractivity contribution >= 4 is 22.8 Å². The van der Waals surface area contributed by atoms with E-state index in [0.717, 1.165) is 45.2 Å². The number of para-hydroxylation sites is 1. The molecule has 8 aromatic rings. The Kier molecular flexibility index (Phi) is 6.99. The zero-order valence-corrected chi connectivity index (χ0v) is 29.4. The number of aromatic nitrogens is 1. The van der Waals surface area contributed by atoms with Gasteiger partial charge in [-0.2, -0.15) is 0 Å². The molecule has 0 saturated heterocycles. The number of fused-ring (bicyclic) bond motifs is 8. The van der Waals surface area contributed by atoms with Crippen molar-refractivity contribution in [1.29, 1.82) is 0 Å². The molecule has 252 valence electrons. The Balaban J connectivity index is 1.06. The SMILES string of the molecule is c1ccc(C2c3ccccc3-c3cc(C4=Nc5cccnc5C(c5ccc6c(c5)-c5ccccc5C6c5ccccc5)=Nc5ccccc54)ccc32)cc1. The Morgan fingerprint density at radius 2 is 0.796 bits per heavy atom. The number of nitrogens with zero attached hydrogens (tertiary/aromatic N) is 3. The second kappa shape index (κ2) is 12.3. The van der Waals surface area contributed by atoms with Crippen LogP contribution in [0.3, 0.4) is 0 Å². The fourth-order valence-corrected chi connectivity index (χ4v) is 8.93. The van der Waals surface area contributed by atoms with Crippen LogP contribution in [-0.4, -0.2) is 16.4 Å². The maximum absolute atomic E-state index is 5.48. The lowest BCUT2D eigenvalue weighted by molar-refractivity contribution is 1.01. The summed E-state index contributed by atoms with van der Waals surface area (Å²) >= 11 is 0. The Morgan fingerprint density at radius 3 is 1.41 bits per heavy atom. The van der Waals surface area contributed by atoms with E-state index in [-0.39, 0.29) is 11.8 Å². The molecule has 0 radical (unpaired) electrons. The predicted molar refractivity (Wildman–Crippen MR) is 220 cm³/mol. The van der Waals surface area contributed by atoms with Crippen molar-refractivity contribution in [1.82, 2.24) is 4.98 Å². The summed E-state index contributed by atoms with van der Waals surface area (Å²) in [4.78, 5) is 15.9. The molecule has 3 aliphatic rings. The Morgan fingerprint density at radius 1 is 0.333 bits per heavy atom. The molecule has 1 aliphatic heterocycles. The molecule has 2 heterocycles. The van der Waals surface area contributed by atoms with Gasteiger partial charge in [0.15, 0.2) is 0 Å². The number of hydrogen-bond donors (Lipinski definition) is 0. The highest BCUT2D eigenvalue weighted by molar-refractivity contribution is 6.22. The first-order chi connectivity index (χ1) is 26.8. The van der Waals surface area contributed by atoms with Gasteiger partial charge in [0, 0.05) is 34.7 Å². The Hall–Kier alpha value is -6.97. The van der Waals surface area contributed by atoms with Crippen molar-refractivity contribution in [2.45, 2.75) is 11.8 Å². The van der Waals surface area contributed by atoms with Crippen LogP contribution in [0.15, 0.2) is 198 Å². The zero-order valence-electron chi connectivity index (χ0n) is 29.4. The summed E-state index contributed by atoms with van der Waals surface area (Å²) in [5, 5.41) is 0. The van der Waals surface area contributed by atoms with Gasteiger partial charge in [0.2, 0.25) is 0 Å². The van der Waals surface area contributed by atoms with E-state index in [1.54, 1.807) is 0 Å². The second-order valence-electron chi connectivity index (χ2n) is 14.3. The summed E-state index contributed by atoms with van der Waals surface area (Å²) in [7, 11) is 0. The van der Waals surface area contributed by atoms with E-state index in [1.165, 1.54) is 55.6 Å². The van der Waals surface area contributed by atoms with E-state index in [9.17, 15) is 0 Å². The van der Waals surface area contributed by atoms with E-state index < -0.39 is 0 Å². The number of pyridine rings is 1. The van der Waals surface area contributed by atoms with Crippen molar-refractivity contribution in [3.05, 3.63) is 244 Å². The molecule has 2 atom stereocenters. The van der Waals surface area contributed by atoms with E-state index in [0.29, 0.717) is 0 Å².